The fraction of sp³-hybridized carbons (Fsp3) is 0.450. The van der Waals surface area contributed by atoms with E-state index in [4.69, 9.17) is 9.47 Å². The molecule has 1 fully saturated rings. The first-order valence-corrected chi connectivity index (χ1v) is 8.97. The van der Waals surface area contributed by atoms with Gasteiger partial charge in [0, 0.05) is 56.5 Å². The predicted octanol–water partition coefficient (Wildman–Crippen LogP) is 2.78. The van der Waals surface area contributed by atoms with Gasteiger partial charge in [-0.15, -0.1) is 0 Å². The summed E-state index contributed by atoms with van der Waals surface area (Å²) in [5, 5.41) is 3.03. The zero-order chi connectivity index (χ0) is 18.5. The van der Waals surface area contributed by atoms with Crippen LogP contribution in [-0.4, -0.2) is 49.4 Å². The first-order valence-electron chi connectivity index (χ1n) is 8.97. The van der Waals surface area contributed by atoms with Gasteiger partial charge in [0.15, 0.2) is 0 Å². The Morgan fingerprint density at radius 2 is 2.12 bits per heavy atom. The Hall–Kier alpha value is -2.63. The number of carbonyl (C=O) groups excluding carboxylic acids is 1. The number of aryl methyl sites for hydroxylation is 1. The molecule has 1 N–H and O–H groups in total. The number of amides is 2. The molecular weight excluding hydrogens is 330 g/mol. The van der Waals surface area contributed by atoms with Crippen LogP contribution in [-0.2, 0) is 13.5 Å². The molecule has 2 heterocycles. The molecule has 6 heteroatoms. The molecule has 1 atom stereocenters. The van der Waals surface area contributed by atoms with E-state index in [1.165, 1.54) is 5.69 Å². The lowest BCUT2D eigenvalue weighted by atomic mass is 9.97. The molecule has 0 unspecified atom stereocenters. The van der Waals surface area contributed by atoms with Gasteiger partial charge in [0.05, 0.1) is 14.2 Å². The van der Waals surface area contributed by atoms with Crippen molar-refractivity contribution in [3.63, 3.8) is 0 Å². The maximum Gasteiger partial charge on any atom is 0.317 e. The fourth-order valence-electron chi connectivity index (χ4n) is 3.52. The topological polar surface area (TPSA) is 55.7 Å². The van der Waals surface area contributed by atoms with E-state index in [2.05, 4.69) is 16.0 Å². The number of carbonyl (C=O) groups is 1. The average molecular weight is 357 g/mol. The molecule has 2 amide bonds. The molecule has 1 aliphatic rings. The van der Waals surface area contributed by atoms with E-state index in [1.54, 1.807) is 14.2 Å². The molecule has 1 aromatic heterocycles. The molecule has 1 saturated heterocycles. The zero-order valence-electron chi connectivity index (χ0n) is 15.7. The van der Waals surface area contributed by atoms with Crippen LogP contribution in [0.2, 0.25) is 0 Å². The third kappa shape index (κ3) is 3.95. The third-order valence-electron chi connectivity index (χ3n) is 5.06. The van der Waals surface area contributed by atoms with E-state index in [0.29, 0.717) is 13.1 Å². The summed E-state index contributed by atoms with van der Waals surface area (Å²) in [6.45, 7) is 2.08. The van der Waals surface area contributed by atoms with Gasteiger partial charge in [0.25, 0.3) is 0 Å². The SMILES string of the molecule is COc1ccc(OC)c([C@H]2CCN(C(=O)NCCc3cccn3C)C2)c1. The monoisotopic (exact) mass is 357 g/mol. The highest BCUT2D eigenvalue weighted by Gasteiger charge is 2.29. The highest BCUT2D eigenvalue weighted by atomic mass is 16.5. The number of benzene rings is 1. The lowest BCUT2D eigenvalue weighted by molar-refractivity contribution is 0.208. The molecule has 3 rings (SSSR count). The predicted molar refractivity (Wildman–Crippen MR) is 101 cm³/mol. The summed E-state index contributed by atoms with van der Waals surface area (Å²) in [6, 6.07) is 9.93. The van der Waals surface area contributed by atoms with Crippen LogP contribution in [0.3, 0.4) is 0 Å². The minimum Gasteiger partial charge on any atom is -0.497 e. The first kappa shape index (κ1) is 18.2. The van der Waals surface area contributed by atoms with Crippen molar-refractivity contribution in [3.05, 3.63) is 47.8 Å². The lowest BCUT2D eigenvalue weighted by Crippen LogP contribution is -2.39. The quantitative estimate of drug-likeness (QED) is 0.865. The van der Waals surface area contributed by atoms with Gasteiger partial charge in [-0.05, 0) is 36.8 Å². The molecule has 0 radical (unpaired) electrons. The van der Waals surface area contributed by atoms with Crippen molar-refractivity contribution in [2.45, 2.75) is 18.8 Å². The Morgan fingerprint density at radius 1 is 1.27 bits per heavy atom. The highest BCUT2D eigenvalue weighted by Crippen LogP contribution is 2.35. The van der Waals surface area contributed by atoms with Crippen molar-refractivity contribution in [1.82, 2.24) is 14.8 Å². The number of hydrogen-bond acceptors (Lipinski definition) is 3. The van der Waals surface area contributed by atoms with Crippen LogP contribution in [0.25, 0.3) is 0 Å². The summed E-state index contributed by atoms with van der Waals surface area (Å²) in [7, 11) is 5.35. The van der Waals surface area contributed by atoms with Crippen molar-refractivity contribution < 1.29 is 14.3 Å². The second kappa shape index (κ2) is 8.17. The van der Waals surface area contributed by atoms with Gasteiger partial charge in [-0.2, -0.15) is 0 Å². The highest BCUT2D eigenvalue weighted by molar-refractivity contribution is 5.74. The minimum atomic E-state index is 0.00331. The van der Waals surface area contributed by atoms with E-state index >= 15 is 0 Å². The molecule has 2 aromatic rings. The molecule has 0 saturated carbocycles. The molecule has 26 heavy (non-hydrogen) atoms. The lowest BCUT2D eigenvalue weighted by Gasteiger charge is -2.19. The third-order valence-corrected chi connectivity index (χ3v) is 5.06. The maximum atomic E-state index is 12.5. The van der Waals surface area contributed by atoms with E-state index in [9.17, 15) is 4.79 Å². The summed E-state index contributed by atoms with van der Waals surface area (Å²) in [5.41, 5.74) is 2.32. The van der Waals surface area contributed by atoms with Crippen molar-refractivity contribution in [2.75, 3.05) is 33.9 Å². The Balaban J connectivity index is 1.56. The van der Waals surface area contributed by atoms with E-state index in [-0.39, 0.29) is 11.9 Å². The molecule has 1 aliphatic heterocycles. The summed E-state index contributed by atoms with van der Waals surface area (Å²) in [4.78, 5) is 14.3. The standard InChI is InChI=1S/C20H27N3O3/c1-22-11-4-5-16(22)8-10-21-20(24)23-12-9-15(14-23)18-13-17(25-2)6-7-19(18)26-3/h4-7,11,13,15H,8-10,12,14H2,1-3H3,(H,21,24)/t15-/m0/s1. The van der Waals surface area contributed by atoms with Gasteiger partial charge in [0.2, 0.25) is 0 Å². The van der Waals surface area contributed by atoms with E-state index in [1.807, 2.05) is 42.4 Å². The molecule has 0 bridgehead atoms. The van der Waals surface area contributed by atoms with Crippen LogP contribution >= 0.6 is 0 Å². The van der Waals surface area contributed by atoms with Crippen LogP contribution in [0.15, 0.2) is 36.5 Å². The number of urea groups is 1. The van der Waals surface area contributed by atoms with Crippen molar-refractivity contribution in [2.24, 2.45) is 7.05 Å². The van der Waals surface area contributed by atoms with Gasteiger partial charge in [-0.25, -0.2) is 4.79 Å². The zero-order valence-corrected chi connectivity index (χ0v) is 15.7. The van der Waals surface area contributed by atoms with Crippen LogP contribution < -0.4 is 14.8 Å². The molecule has 6 nitrogen and oxygen atoms in total. The smallest absolute Gasteiger partial charge is 0.317 e. The van der Waals surface area contributed by atoms with Crippen LogP contribution in [0.5, 0.6) is 11.5 Å². The largest absolute Gasteiger partial charge is 0.497 e. The number of ether oxygens (including phenoxy) is 2. The number of nitrogens with zero attached hydrogens (tertiary/aromatic N) is 2. The average Bonchev–Trinajstić information content (AvgIpc) is 3.30. The second-order valence-corrected chi connectivity index (χ2v) is 6.63. The van der Waals surface area contributed by atoms with E-state index < -0.39 is 0 Å². The van der Waals surface area contributed by atoms with Crippen molar-refractivity contribution in [3.8, 4) is 11.5 Å². The number of rotatable bonds is 6. The number of hydrogen-bond donors (Lipinski definition) is 1. The van der Waals surface area contributed by atoms with Gasteiger partial charge < -0.3 is 24.3 Å². The number of nitrogens with one attached hydrogen (secondary N) is 1. The van der Waals surface area contributed by atoms with E-state index in [0.717, 1.165) is 36.4 Å². The molecule has 0 aliphatic carbocycles. The van der Waals surface area contributed by atoms with Crippen LogP contribution in [0.1, 0.15) is 23.6 Å². The Labute approximate surface area is 154 Å². The van der Waals surface area contributed by atoms with Gasteiger partial charge in [0.1, 0.15) is 11.5 Å². The fourth-order valence-corrected chi connectivity index (χ4v) is 3.52. The maximum absolute atomic E-state index is 12.5. The van der Waals surface area contributed by atoms with Crippen LogP contribution in [0, 0.1) is 0 Å². The molecule has 0 spiro atoms. The van der Waals surface area contributed by atoms with Crippen molar-refractivity contribution in [1.29, 1.82) is 0 Å². The summed E-state index contributed by atoms with van der Waals surface area (Å²) in [6.07, 6.45) is 3.77. The summed E-state index contributed by atoms with van der Waals surface area (Å²) in [5.74, 6) is 1.92. The van der Waals surface area contributed by atoms with Crippen molar-refractivity contribution >= 4 is 6.03 Å². The normalized spacial score (nSPS) is 16.6. The van der Waals surface area contributed by atoms with Gasteiger partial charge >= 0.3 is 6.03 Å². The second-order valence-electron chi connectivity index (χ2n) is 6.63. The molecule has 140 valence electrons. The minimum absolute atomic E-state index is 0.00331. The summed E-state index contributed by atoms with van der Waals surface area (Å²) >= 11 is 0. The number of methoxy groups -OCH3 is 2. The summed E-state index contributed by atoms with van der Waals surface area (Å²) < 4.78 is 12.9. The Bertz CT molecular complexity index is 757. The Morgan fingerprint density at radius 3 is 2.81 bits per heavy atom. The van der Waals surface area contributed by atoms with Gasteiger partial charge in [-0.3, -0.25) is 0 Å². The number of aromatic nitrogens is 1. The first-order chi connectivity index (χ1) is 12.6. The van der Waals surface area contributed by atoms with Crippen LogP contribution in [0.4, 0.5) is 4.79 Å². The molecule has 1 aromatic carbocycles. The molecular formula is C20H27N3O3. The van der Waals surface area contributed by atoms with Gasteiger partial charge in [-0.1, -0.05) is 0 Å². The number of likely N-dealkylation sites (tertiary alicyclic amines) is 1. The Kier molecular flexibility index (Phi) is 5.71.